The Morgan fingerprint density at radius 1 is 0.958 bits per heavy atom. The summed E-state index contributed by atoms with van der Waals surface area (Å²) in [5.74, 6) is -0.733. The molecule has 2 aromatic rings. The Hall–Kier alpha value is -2.40. The molecule has 0 atom stereocenters. The summed E-state index contributed by atoms with van der Waals surface area (Å²) >= 11 is 0. The first kappa shape index (κ1) is 16.5. The number of fused-ring (bicyclic) bond motifs is 1. The van der Waals surface area contributed by atoms with Gasteiger partial charge in [-0.15, -0.1) is 0 Å². The van der Waals surface area contributed by atoms with Crippen LogP contribution >= 0.6 is 0 Å². The molecule has 0 aromatic heterocycles. The summed E-state index contributed by atoms with van der Waals surface area (Å²) in [6, 6.07) is 13.1. The molecule has 1 aliphatic rings. The van der Waals surface area contributed by atoms with Crippen molar-refractivity contribution < 1.29 is 14.7 Å². The minimum absolute atomic E-state index is 0.0167. The van der Waals surface area contributed by atoms with Gasteiger partial charge in [0.1, 0.15) is 0 Å². The second-order valence-electron chi connectivity index (χ2n) is 6.49. The molecule has 3 rings (SSSR count). The number of hydrogen-bond acceptors (Lipinski definition) is 3. The molecule has 0 saturated heterocycles. The van der Waals surface area contributed by atoms with E-state index in [1.165, 1.54) is 0 Å². The summed E-state index contributed by atoms with van der Waals surface area (Å²) in [5.41, 5.74) is 4.43. The van der Waals surface area contributed by atoms with Crippen LogP contribution in [0.15, 0.2) is 42.5 Å². The number of hydrogen-bond donors (Lipinski definition) is 3. The van der Waals surface area contributed by atoms with Crippen LogP contribution in [0.4, 0.5) is 0 Å². The fourth-order valence-corrected chi connectivity index (χ4v) is 3.35. The highest BCUT2D eigenvalue weighted by Gasteiger charge is 2.31. The smallest absolute Gasteiger partial charge is 0.270 e. The fourth-order valence-electron chi connectivity index (χ4n) is 3.35. The fraction of sp³-hybridized carbons (Fsp3) is 0.368. The van der Waals surface area contributed by atoms with Crippen molar-refractivity contribution in [1.29, 1.82) is 0 Å². The standard InChI is InChI=1S/C19H22N2O3/c22-17(13-19(24)11-4-1-5-12-19)20-21-18(23)16-10-6-8-14-7-2-3-9-15(14)16/h2-3,6-10,24H,1,4-5,11-13H2,(H,20,22)(H,21,23). The monoisotopic (exact) mass is 326 g/mol. The van der Waals surface area contributed by atoms with E-state index in [2.05, 4.69) is 10.9 Å². The first-order valence-electron chi connectivity index (χ1n) is 8.37. The summed E-state index contributed by atoms with van der Waals surface area (Å²) in [4.78, 5) is 24.4. The van der Waals surface area contributed by atoms with Crippen LogP contribution in [0.3, 0.4) is 0 Å². The third-order valence-corrected chi connectivity index (χ3v) is 4.62. The van der Waals surface area contributed by atoms with Crippen LogP contribution in [0.5, 0.6) is 0 Å². The van der Waals surface area contributed by atoms with E-state index in [1.54, 1.807) is 6.07 Å². The third kappa shape index (κ3) is 3.74. The summed E-state index contributed by atoms with van der Waals surface area (Å²) < 4.78 is 0. The maximum absolute atomic E-state index is 12.3. The van der Waals surface area contributed by atoms with E-state index < -0.39 is 5.60 Å². The Bertz CT molecular complexity index is 746. The highest BCUT2D eigenvalue weighted by molar-refractivity contribution is 6.07. The van der Waals surface area contributed by atoms with Crippen molar-refractivity contribution in [2.75, 3.05) is 0 Å². The number of nitrogens with one attached hydrogen (secondary N) is 2. The number of rotatable bonds is 3. The average molecular weight is 326 g/mol. The Balaban J connectivity index is 1.61. The number of hydrazine groups is 1. The first-order valence-corrected chi connectivity index (χ1v) is 8.37. The van der Waals surface area contributed by atoms with Crippen LogP contribution in [-0.2, 0) is 4.79 Å². The van der Waals surface area contributed by atoms with E-state index in [0.717, 1.165) is 30.0 Å². The minimum Gasteiger partial charge on any atom is -0.389 e. The van der Waals surface area contributed by atoms with Crippen LogP contribution in [-0.4, -0.2) is 22.5 Å². The predicted molar refractivity (Wildman–Crippen MR) is 92.2 cm³/mol. The molecule has 1 fully saturated rings. The topological polar surface area (TPSA) is 78.4 Å². The Kier molecular flexibility index (Phi) is 4.81. The molecule has 2 amide bonds. The molecular weight excluding hydrogens is 304 g/mol. The molecule has 1 saturated carbocycles. The Morgan fingerprint density at radius 2 is 1.67 bits per heavy atom. The molecule has 0 aliphatic heterocycles. The van der Waals surface area contributed by atoms with Crippen LogP contribution in [0.25, 0.3) is 10.8 Å². The molecule has 0 radical (unpaired) electrons. The predicted octanol–water partition coefficient (Wildman–Crippen LogP) is 2.69. The van der Waals surface area contributed by atoms with Gasteiger partial charge < -0.3 is 5.11 Å². The van der Waals surface area contributed by atoms with Gasteiger partial charge >= 0.3 is 0 Å². The highest BCUT2D eigenvalue weighted by Crippen LogP contribution is 2.30. The van der Waals surface area contributed by atoms with Crippen LogP contribution < -0.4 is 10.9 Å². The van der Waals surface area contributed by atoms with Gasteiger partial charge in [0.25, 0.3) is 5.91 Å². The number of benzene rings is 2. The molecular formula is C19H22N2O3. The normalized spacial score (nSPS) is 16.5. The summed E-state index contributed by atoms with van der Waals surface area (Å²) in [5, 5.41) is 12.2. The van der Waals surface area contributed by atoms with Gasteiger partial charge in [-0.25, -0.2) is 0 Å². The van der Waals surface area contributed by atoms with Gasteiger partial charge in [-0.3, -0.25) is 20.4 Å². The number of aliphatic hydroxyl groups is 1. The van der Waals surface area contributed by atoms with Crippen molar-refractivity contribution in [1.82, 2.24) is 10.9 Å². The lowest BCUT2D eigenvalue weighted by Gasteiger charge is -2.31. The van der Waals surface area contributed by atoms with Crippen LogP contribution in [0, 0.1) is 0 Å². The quantitative estimate of drug-likeness (QED) is 0.759. The van der Waals surface area contributed by atoms with Crippen LogP contribution in [0.1, 0.15) is 48.9 Å². The molecule has 0 unspecified atom stereocenters. The van der Waals surface area contributed by atoms with Crippen molar-refractivity contribution >= 4 is 22.6 Å². The van der Waals surface area contributed by atoms with E-state index in [4.69, 9.17) is 0 Å². The third-order valence-electron chi connectivity index (χ3n) is 4.62. The van der Waals surface area contributed by atoms with E-state index >= 15 is 0 Å². The van der Waals surface area contributed by atoms with Gasteiger partial charge in [-0.2, -0.15) is 0 Å². The van der Waals surface area contributed by atoms with E-state index in [9.17, 15) is 14.7 Å². The molecule has 3 N–H and O–H groups in total. The second-order valence-corrected chi connectivity index (χ2v) is 6.49. The number of amides is 2. The van der Waals surface area contributed by atoms with E-state index in [0.29, 0.717) is 18.4 Å². The van der Waals surface area contributed by atoms with Crippen molar-refractivity contribution in [2.24, 2.45) is 0 Å². The average Bonchev–Trinajstić information content (AvgIpc) is 2.59. The molecule has 0 heterocycles. The van der Waals surface area contributed by atoms with Gasteiger partial charge in [-0.05, 0) is 29.7 Å². The van der Waals surface area contributed by atoms with Crippen molar-refractivity contribution in [3.05, 3.63) is 48.0 Å². The lowest BCUT2D eigenvalue weighted by Crippen LogP contribution is -2.45. The molecule has 1 aliphatic carbocycles. The molecule has 2 aromatic carbocycles. The maximum Gasteiger partial charge on any atom is 0.270 e. The summed E-state index contributed by atoms with van der Waals surface area (Å²) in [6.45, 7) is 0. The zero-order chi connectivity index (χ0) is 17.0. The molecule has 126 valence electrons. The lowest BCUT2D eigenvalue weighted by atomic mass is 9.82. The van der Waals surface area contributed by atoms with Crippen LogP contribution in [0.2, 0.25) is 0 Å². The highest BCUT2D eigenvalue weighted by atomic mass is 16.3. The Labute approximate surface area is 141 Å². The largest absolute Gasteiger partial charge is 0.389 e. The zero-order valence-electron chi connectivity index (χ0n) is 13.5. The zero-order valence-corrected chi connectivity index (χ0v) is 13.5. The van der Waals surface area contributed by atoms with Gasteiger partial charge in [0, 0.05) is 5.56 Å². The molecule has 5 nitrogen and oxygen atoms in total. The molecule has 0 spiro atoms. The first-order chi connectivity index (χ1) is 11.6. The van der Waals surface area contributed by atoms with Gasteiger partial charge in [-0.1, -0.05) is 55.7 Å². The van der Waals surface area contributed by atoms with Gasteiger partial charge in [0.2, 0.25) is 5.91 Å². The van der Waals surface area contributed by atoms with Crippen molar-refractivity contribution in [3.63, 3.8) is 0 Å². The van der Waals surface area contributed by atoms with E-state index in [1.807, 2.05) is 36.4 Å². The molecule has 0 bridgehead atoms. The van der Waals surface area contributed by atoms with Crippen molar-refractivity contribution in [2.45, 2.75) is 44.1 Å². The lowest BCUT2D eigenvalue weighted by molar-refractivity contribution is -0.128. The molecule has 5 heteroatoms. The number of carbonyl (C=O) groups is 2. The number of carbonyl (C=O) groups excluding carboxylic acids is 2. The summed E-state index contributed by atoms with van der Waals surface area (Å²) in [7, 11) is 0. The minimum atomic E-state index is -0.938. The maximum atomic E-state index is 12.3. The SMILES string of the molecule is O=C(CC1(O)CCCCC1)NNC(=O)c1cccc2ccccc12. The summed E-state index contributed by atoms with van der Waals surface area (Å²) in [6.07, 6.45) is 4.26. The van der Waals surface area contributed by atoms with Crippen molar-refractivity contribution in [3.8, 4) is 0 Å². The Morgan fingerprint density at radius 3 is 2.46 bits per heavy atom. The van der Waals surface area contributed by atoms with Gasteiger partial charge in [0.15, 0.2) is 0 Å². The van der Waals surface area contributed by atoms with Gasteiger partial charge in [0.05, 0.1) is 12.0 Å². The molecule has 24 heavy (non-hydrogen) atoms. The van der Waals surface area contributed by atoms with E-state index in [-0.39, 0.29) is 18.2 Å². The second kappa shape index (κ2) is 7.01.